The zero-order chi connectivity index (χ0) is 17.7. The van der Waals surface area contributed by atoms with Gasteiger partial charge in [-0.1, -0.05) is 17.7 Å². The molecule has 1 unspecified atom stereocenters. The third-order valence-corrected chi connectivity index (χ3v) is 4.90. The van der Waals surface area contributed by atoms with Crippen molar-refractivity contribution >= 4 is 29.2 Å². The highest BCUT2D eigenvalue weighted by molar-refractivity contribution is 6.33. The van der Waals surface area contributed by atoms with E-state index in [1.165, 1.54) is 11.0 Å². The second-order valence-corrected chi connectivity index (χ2v) is 6.45. The summed E-state index contributed by atoms with van der Waals surface area (Å²) in [7, 11) is 0. The van der Waals surface area contributed by atoms with E-state index in [-0.39, 0.29) is 5.75 Å². The number of fused-ring (bicyclic) bond motifs is 2. The van der Waals surface area contributed by atoms with E-state index >= 15 is 0 Å². The predicted octanol–water partition coefficient (Wildman–Crippen LogP) is 2.54. The Morgan fingerprint density at radius 3 is 2.92 bits per heavy atom. The van der Waals surface area contributed by atoms with Gasteiger partial charge in [-0.3, -0.25) is 9.59 Å². The van der Waals surface area contributed by atoms with E-state index < -0.39 is 24.3 Å². The average Bonchev–Trinajstić information content (AvgIpc) is 3.11. The minimum Gasteiger partial charge on any atom is -0.507 e. The molecule has 2 aliphatic heterocycles. The first kappa shape index (κ1) is 15.8. The monoisotopic (exact) mass is 359 g/mol. The molecule has 25 heavy (non-hydrogen) atoms. The molecule has 1 atom stereocenters. The highest BCUT2D eigenvalue weighted by Crippen LogP contribution is 2.48. The van der Waals surface area contributed by atoms with Crippen LogP contribution in [-0.2, 0) is 16.0 Å². The van der Waals surface area contributed by atoms with Gasteiger partial charge < -0.3 is 19.8 Å². The normalized spacial score (nSPS) is 18.0. The van der Waals surface area contributed by atoms with Crippen molar-refractivity contribution in [1.82, 2.24) is 0 Å². The number of anilines is 1. The summed E-state index contributed by atoms with van der Waals surface area (Å²) in [6.07, 6.45) is 0.692. The fourth-order valence-electron chi connectivity index (χ4n) is 3.50. The minimum atomic E-state index is -1.12. The quantitative estimate of drug-likeness (QED) is 0.879. The number of benzene rings is 2. The Morgan fingerprint density at radius 1 is 1.36 bits per heavy atom. The smallest absolute Gasteiger partial charge is 0.323 e. The van der Waals surface area contributed by atoms with Crippen molar-refractivity contribution in [3.05, 3.63) is 52.0 Å². The second kappa shape index (κ2) is 5.67. The van der Waals surface area contributed by atoms with Crippen molar-refractivity contribution in [2.24, 2.45) is 0 Å². The molecule has 0 aromatic heterocycles. The molecule has 0 fully saturated rings. The SMILES string of the molecule is O=C(O)CN1C(=O)C(c2cc3c(cc2O)OCC3)c2c(Cl)cccc21. The summed E-state index contributed by atoms with van der Waals surface area (Å²) >= 11 is 6.32. The van der Waals surface area contributed by atoms with Crippen LogP contribution in [0.15, 0.2) is 30.3 Å². The van der Waals surface area contributed by atoms with Crippen LogP contribution in [0.25, 0.3) is 0 Å². The standard InChI is InChI=1S/C18H14ClNO5/c19-11-2-1-3-12-17(11)16(18(24)20(12)8-15(22)23)10-6-9-4-5-25-14(9)7-13(10)21/h1-3,6-7,16,21H,4-5,8H2,(H,22,23). The maximum absolute atomic E-state index is 13.0. The molecule has 2 N–H and O–H groups in total. The first-order chi connectivity index (χ1) is 12.0. The summed E-state index contributed by atoms with van der Waals surface area (Å²) < 4.78 is 5.43. The number of nitrogens with zero attached hydrogens (tertiary/aromatic N) is 1. The molecule has 128 valence electrons. The Balaban J connectivity index is 1.89. The number of carbonyl (C=O) groups is 2. The highest BCUT2D eigenvalue weighted by atomic mass is 35.5. The molecule has 0 aliphatic carbocycles. The first-order valence-electron chi connectivity index (χ1n) is 7.77. The van der Waals surface area contributed by atoms with Gasteiger partial charge in [0.15, 0.2) is 0 Å². The molecule has 2 aromatic rings. The van der Waals surface area contributed by atoms with Crippen LogP contribution >= 0.6 is 11.6 Å². The van der Waals surface area contributed by atoms with Gasteiger partial charge >= 0.3 is 5.97 Å². The largest absolute Gasteiger partial charge is 0.507 e. The van der Waals surface area contributed by atoms with Gasteiger partial charge in [0.05, 0.1) is 18.2 Å². The molecule has 0 saturated heterocycles. The predicted molar refractivity (Wildman–Crippen MR) is 90.6 cm³/mol. The molecule has 2 heterocycles. The number of carboxylic acid groups (broad SMARTS) is 1. The van der Waals surface area contributed by atoms with Crippen LogP contribution in [-0.4, -0.2) is 35.2 Å². The third-order valence-electron chi connectivity index (χ3n) is 4.57. The molecular weight excluding hydrogens is 346 g/mol. The van der Waals surface area contributed by atoms with E-state index in [2.05, 4.69) is 0 Å². The average molecular weight is 360 g/mol. The molecule has 6 nitrogen and oxygen atoms in total. The number of halogens is 1. The lowest BCUT2D eigenvalue weighted by molar-refractivity contribution is -0.136. The van der Waals surface area contributed by atoms with Gasteiger partial charge in [0, 0.05) is 28.6 Å². The van der Waals surface area contributed by atoms with Crippen molar-refractivity contribution < 1.29 is 24.5 Å². The zero-order valence-electron chi connectivity index (χ0n) is 13.0. The van der Waals surface area contributed by atoms with Gasteiger partial charge in [0.1, 0.15) is 18.0 Å². The summed E-state index contributed by atoms with van der Waals surface area (Å²) in [5.74, 6) is -1.84. The number of carboxylic acids is 1. The Labute approximate surface area is 148 Å². The number of amides is 1. The lowest BCUT2D eigenvalue weighted by Gasteiger charge is -2.16. The maximum Gasteiger partial charge on any atom is 0.323 e. The summed E-state index contributed by atoms with van der Waals surface area (Å²) in [5.41, 5.74) is 2.30. The van der Waals surface area contributed by atoms with E-state index in [1.54, 1.807) is 24.3 Å². The molecule has 0 radical (unpaired) electrons. The van der Waals surface area contributed by atoms with Crippen molar-refractivity contribution in [1.29, 1.82) is 0 Å². The number of phenols is 1. The van der Waals surface area contributed by atoms with Crippen LogP contribution in [0.1, 0.15) is 22.6 Å². The number of hydrogen-bond donors (Lipinski definition) is 2. The summed E-state index contributed by atoms with van der Waals surface area (Å²) in [5, 5.41) is 19.9. The molecule has 4 rings (SSSR count). The molecule has 0 spiro atoms. The van der Waals surface area contributed by atoms with Crippen LogP contribution in [0.4, 0.5) is 5.69 Å². The number of aromatic hydroxyl groups is 1. The number of hydrogen-bond acceptors (Lipinski definition) is 4. The summed E-state index contributed by atoms with van der Waals surface area (Å²) in [6.45, 7) is 0.0663. The van der Waals surface area contributed by atoms with Crippen molar-refractivity contribution in [2.45, 2.75) is 12.3 Å². The van der Waals surface area contributed by atoms with Crippen LogP contribution < -0.4 is 9.64 Å². The Morgan fingerprint density at radius 2 is 2.16 bits per heavy atom. The van der Waals surface area contributed by atoms with Crippen LogP contribution in [0.3, 0.4) is 0 Å². The Kier molecular flexibility index (Phi) is 3.58. The lowest BCUT2D eigenvalue weighted by Crippen LogP contribution is -2.34. The summed E-state index contributed by atoms with van der Waals surface area (Å²) in [4.78, 5) is 25.3. The topological polar surface area (TPSA) is 87.1 Å². The fraction of sp³-hybridized carbons (Fsp3) is 0.222. The van der Waals surface area contributed by atoms with E-state index in [1.807, 2.05) is 0 Å². The number of carbonyl (C=O) groups excluding carboxylic acids is 1. The van der Waals surface area contributed by atoms with Crippen LogP contribution in [0, 0.1) is 0 Å². The molecular formula is C18H14ClNO5. The van der Waals surface area contributed by atoms with Gasteiger partial charge in [-0.2, -0.15) is 0 Å². The van der Waals surface area contributed by atoms with E-state index in [0.717, 1.165) is 5.56 Å². The van der Waals surface area contributed by atoms with Gasteiger partial charge in [0.25, 0.3) is 0 Å². The number of aliphatic carboxylic acids is 1. The fourth-order valence-corrected chi connectivity index (χ4v) is 3.78. The Hall–Kier alpha value is -2.73. The van der Waals surface area contributed by atoms with Crippen molar-refractivity contribution in [2.75, 3.05) is 18.1 Å². The minimum absolute atomic E-state index is 0.0676. The molecule has 1 amide bonds. The van der Waals surface area contributed by atoms with Gasteiger partial charge in [0.2, 0.25) is 5.91 Å². The van der Waals surface area contributed by atoms with Gasteiger partial charge in [-0.25, -0.2) is 0 Å². The number of phenolic OH excluding ortho intramolecular Hbond substituents is 1. The third kappa shape index (κ3) is 2.41. The first-order valence-corrected chi connectivity index (χ1v) is 8.15. The molecule has 2 aliphatic rings. The molecule has 2 aromatic carbocycles. The number of ether oxygens (including phenoxy) is 1. The van der Waals surface area contributed by atoms with Gasteiger partial charge in [-0.05, 0) is 23.8 Å². The number of rotatable bonds is 3. The van der Waals surface area contributed by atoms with E-state index in [4.69, 9.17) is 21.4 Å². The van der Waals surface area contributed by atoms with E-state index in [9.17, 15) is 14.7 Å². The van der Waals surface area contributed by atoms with E-state index in [0.29, 0.717) is 40.6 Å². The molecule has 7 heteroatoms. The lowest BCUT2D eigenvalue weighted by atomic mass is 9.90. The molecule has 0 saturated carbocycles. The maximum atomic E-state index is 13.0. The highest BCUT2D eigenvalue weighted by Gasteiger charge is 2.42. The summed E-state index contributed by atoms with van der Waals surface area (Å²) in [6, 6.07) is 8.23. The zero-order valence-corrected chi connectivity index (χ0v) is 13.8. The Bertz CT molecular complexity index is 911. The van der Waals surface area contributed by atoms with Crippen molar-refractivity contribution in [3.63, 3.8) is 0 Å². The van der Waals surface area contributed by atoms with Gasteiger partial charge in [-0.15, -0.1) is 0 Å². The van der Waals surface area contributed by atoms with Crippen molar-refractivity contribution in [3.8, 4) is 11.5 Å². The second-order valence-electron chi connectivity index (χ2n) is 6.04. The molecule has 0 bridgehead atoms. The van der Waals surface area contributed by atoms with Crippen LogP contribution in [0.2, 0.25) is 5.02 Å². The van der Waals surface area contributed by atoms with Crippen LogP contribution in [0.5, 0.6) is 11.5 Å².